The van der Waals surface area contributed by atoms with Crippen molar-refractivity contribution >= 4 is 50.9 Å². The Bertz CT molecular complexity index is 2430. The standard InChI is InChI=1S/C42H38Cl2F3N5O3/c1-20-26-16-33(32-15-24(18-51(32)42(53)21-8-9-21)55-19-28-30(45)10-11-34(54-2)37(28)46)52(40-23-14-31(40)49-17-23)41(26)27-13-22(5-4-12-48)35(38(47)39(27)50-20)25-6-3-7-29(43)36(25)44/h3,6-7,10-11,13,16,21,23-24,31-32,40,49H,4-5,8-9,14-15,17-19H2,1-2H3. The number of nitriles is 1. The first kappa shape index (κ1) is 36.3. The van der Waals surface area contributed by atoms with E-state index in [4.69, 9.17) is 37.7 Å². The summed E-state index contributed by atoms with van der Waals surface area (Å²) in [4.78, 5) is 20.8. The van der Waals surface area contributed by atoms with Crippen molar-refractivity contribution in [2.24, 2.45) is 11.8 Å². The summed E-state index contributed by atoms with van der Waals surface area (Å²) in [5.74, 6) is -1.87. The Morgan fingerprint density at radius 2 is 1.91 bits per heavy atom. The molecule has 5 heterocycles. The SMILES string of the molecule is COc1ccc(F)c(COC2CC(c3cc4c(C)nc5c(F)c(-c6cccc(Cl)c6Cl)c(CCC#N)cc5c4n3C3C4CNC3C4)N(C(=O)C3CC3)C2)c1F. The molecule has 10 rings (SSSR count). The quantitative estimate of drug-likeness (QED) is 0.152. The number of amides is 1. The highest BCUT2D eigenvalue weighted by Crippen LogP contribution is 2.51. The summed E-state index contributed by atoms with van der Waals surface area (Å²) in [6.07, 6.45) is 2.96. The molecule has 2 saturated carbocycles. The van der Waals surface area contributed by atoms with Crippen molar-refractivity contribution in [1.82, 2.24) is 19.8 Å². The number of pyridine rings is 1. The molecule has 5 atom stereocenters. The van der Waals surface area contributed by atoms with Crippen molar-refractivity contribution in [3.63, 3.8) is 0 Å². The van der Waals surface area contributed by atoms with Crippen molar-refractivity contribution < 1.29 is 27.4 Å². The van der Waals surface area contributed by atoms with Gasteiger partial charge in [-0.25, -0.2) is 18.2 Å². The first-order valence-electron chi connectivity index (χ1n) is 18.7. The molecule has 5 aliphatic rings. The molecule has 284 valence electrons. The number of carbonyl (C=O) groups excluding carboxylic acids is 1. The Balaban J connectivity index is 1.21. The molecule has 5 fully saturated rings. The number of methoxy groups -OCH3 is 1. The molecule has 1 N–H and O–H groups in total. The second-order valence-electron chi connectivity index (χ2n) is 15.3. The van der Waals surface area contributed by atoms with Gasteiger partial charge in [0.05, 0.1) is 59.1 Å². The van der Waals surface area contributed by atoms with Crippen molar-refractivity contribution in [1.29, 1.82) is 5.26 Å². The third kappa shape index (κ3) is 5.95. The molecular weight excluding hydrogens is 750 g/mol. The number of benzene rings is 3. The molecule has 8 nitrogen and oxygen atoms in total. The zero-order valence-corrected chi connectivity index (χ0v) is 31.8. The van der Waals surface area contributed by atoms with E-state index >= 15 is 8.78 Å². The van der Waals surface area contributed by atoms with E-state index < -0.39 is 29.6 Å². The fourth-order valence-electron chi connectivity index (χ4n) is 9.17. The van der Waals surface area contributed by atoms with Gasteiger partial charge in [0, 0.05) is 71.2 Å². The number of carbonyl (C=O) groups is 1. The van der Waals surface area contributed by atoms with Gasteiger partial charge in [-0.1, -0.05) is 35.3 Å². The van der Waals surface area contributed by atoms with Gasteiger partial charge in [0.2, 0.25) is 5.91 Å². The fraction of sp³-hybridized carbons (Fsp3) is 0.405. The lowest BCUT2D eigenvalue weighted by molar-refractivity contribution is -0.134. The zero-order valence-electron chi connectivity index (χ0n) is 30.3. The lowest BCUT2D eigenvalue weighted by atomic mass is 9.79. The maximum Gasteiger partial charge on any atom is 0.226 e. The van der Waals surface area contributed by atoms with Crippen LogP contribution in [0.2, 0.25) is 10.0 Å². The molecule has 1 amide bonds. The van der Waals surface area contributed by atoms with E-state index in [1.54, 1.807) is 18.2 Å². The third-order valence-corrected chi connectivity index (χ3v) is 12.9. The first-order chi connectivity index (χ1) is 26.6. The number of nitrogens with one attached hydrogen (secondary N) is 1. The van der Waals surface area contributed by atoms with E-state index in [1.807, 2.05) is 17.9 Å². The summed E-state index contributed by atoms with van der Waals surface area (Å²) < 4.78 is 60.8. The molecule has 5 aromatic rings. The van der Waals surface area contributed by atoms with Crippen LogP contribution in [0.5, 0.6) is 5.75 Å². The molecule has 3 aromatic carbocycles. The minimum absolute atomic E-state index is 0.0361. The van der Waals surface area contributed by atoms with Crippen molar-refractivity contribution in [3.05, 3.63) is 92.5 Å². The van der Waals surface area contributed by atoms with Crippen LogP contribution in [0.1, 0.15) is 66.7 Å². The van der Waals surface area contributed by atoms with Gasteiger partial charge in [0.25, 0.3) is 0 Å². The number of hydrogen-bond acceptors (Lipinski definition) is 6. The minimum Gasteiger partial charge on any atom is -0.494 e. The molecule has 3 saturated heterocycles. The number of likely N-dealkylation sites (tertiary alicyclic amines) is 1. The van der Waals surface area contributed by atoms with Crippen LogP contribution in [0.25, 0.3) is 32.9 Å². The lowest BCUT2D eigenvalue weighted by Crippen LogP contribution is -2.41. The molecule has 0 spiro atoms. The largest absolute Gasteiger partial charge is 0.494 e. The second-order valence-corrected chi connectivity index (χ2v) is 16.1. The Hall–Kier alpha value is -4.34. The lowest BCUT2D eigenvalue weighted by Gasteiger charge is -2.39. The normalized spacial score (nSPS) is 23.1. The van der Waals surface area contributed by atoms with E-state index in [-0.39, 0.29) is 77.3 Å². The molecule has 2 bridgehead atoms. The van der Waals surface area contributed by atoms with E-state index in [2.05, 4.69) is 22.0 Å². The zero-order chi connectivity index (χ0) is 38.3. The van der Waals surface area contributed by atoms with Gasteiger partial charge in [-0.05, 0) is 74.4 Å². The van der Waals surface area contributed by atoms with Gasteiger partial charge in [0.15, 0.2) is 17.4 Å². The Labute approximate surface area is 326 Å². The molecule has 13 heteroatoms. The summed E-state index contributed by atoms with van der Waals surface area (Å²) in [6.45, 7) is 2.64. The fourth-order valence-corrected chi connectivity index (χ4v) is 9.57. The molecule has 0 radical (unpaired) electrons. The van der Waals surface area contributed by atoms with Gasteiger partial charge >= 0.3 is 0 Å². The number of rotatable bonds is 10. The summed E-state index contributed by atoms with van der Waals surface area (Å²) >= 11 is 13.1. The highest BCUT2D eigenvalue weighted by atomic mass is 35.5. The number of nitrogens with zero attached hydrogens (tertiary/aromatic N) is 4. The minimum atomic E-state index is -0.812. The average molecular weight is 789 g/mol. The van der Waals surface area contributed by atoms with Crippen LogP contribution in [0.15, 0.2) is 42.5 Å². The maximum absolute atomic E-state index is 17.2. The Morgan fingerprint density at radius 3 is 2.62 bits per heavy atom. The smallest absolute Gasteiger partial charge is 0.226 e. The van der Waals surface area contributed by atoms with Gasteiger partial charge in [0.1, 0.15) is 11.3 Å². The summed E-state index contributed by atoms with van der Waals surface area (Å²) in [5, 5.41) is 15.2. The van der Waals surface area contributed by atoms with Gasteiger partial charge in [-0.3, -0.25) is 4.79 Å². The number of ether oxygens (including phenoxy) is 2. The topological polar surface area (TPSA) is 92.4 Å². The van der Waals surface area contributed by atoms with Crippen LogP contribution >= 0.6 is 23.2 Å². The predicted octanol–water partition coefficient (Wildman–Crippen LogP) is 9.16. The Morgan fingerprint density at radius 1 is 1.09 bits per heavy atom. The number of halogens is 5. The summed E-state index contributed by atoms with van der Waals surface area (Å²) in [6, 6.07) is 13.5. The summed E-state index contributed by atoms with van der Waals surface area (Å²) in [7, 11) is 1.32. The molecular formula is C42H38Cl2F3N5O3. The van der Waals surface area contributed by atoms with E-state index in [9.17, 15) is 14.4 Å². The van der Waals surface area contributed by atoms with Crippen LogP contribution in [0, 0.1) is 47.5 Å². The third-order valence-electron chi connectivity index (χ3n) is 12.1. The highest BCUT2D eigenvalue weighted by Gasteiger charge is 2.51. The van der Waals surface area contributed by atoms with Crippen LogP contribution in [0.3, 0.4) is 0 Å². The van der Waals surface area contributed by atoms with E-state index in [0.717, 1.165) is 48.5 Å². The molecule has 2 aromatic heterocycles. The average Bonchev–Trinajstić information content (AvgIpc) is 3.45. The summed E-state index contributed by atoms with van der Waals surface area (Å²) in [5.41, 5.74) is 3.62. The van der Waals surface area contributed by atoms with Crippen LogP contribution in [-0.4, -0.2) is 52.7 Å². The highest BCUT2D eigenvalue weighted by molar-refractivity contribution is 6.43. The first-order valence-corrected chi connectivity index (χ1v) is 19.5. The molecule has 5 unspecified atom stereocenters. The number of hydrogen-bond donors (Lipinski definition) is 1. The van der Waals surface area contributed by atoms with Gasteiger partial charge in [-0.2, -0.15) is 5.26 Å². The van der Waals surface area contributed by atoms with Crippen molar-refractivity contribution in [3.8, 4) is 22.9 Å². The molecule has 3 aliphatic heterocycles. The van der Waals surface area contributed by atoms with E-state index in [0.29, 0.717) is 39.6 Å². The van der Waals surface area contributed by atoms with Crippen LogP contribution < -0.4 is 10.1 Å². The second kappa shape index (κ2) is 14.0. The van der Waals surface area contributed by atoms with Gasteiger partial charge in [-0.15, -0.1) is 0 Å². The Kier molecular flexibility index (Phi) is 9.24. The predicted molar refractivity (Wildman–Crippen MR) is 204 cm³/mol. The van der Waals surface area contributed by atoms with Crippen molar-refractivity contribution in [2.75, 3.05) is 20.2 Å². The number of fused-ring (bicyclic) bond motifs is 4. The van der Waals surface area contributed by atoms with Gasteiger partial charge < -0.3 is 24.3 Å². The van der Waals surface area contributed by atoms with Crippen LogP contribution in [-0.2, 0) is 22.6 Å². The van der Waals surface area contributed by atoms with Crippen molar-refractivity contribution in [2.45, 2.75) is 76.3 Å². The van der Waals surface area contributed by atoms with Crippen LogP contribution in [0.4, 0.5) is 13.2 Å². The van der Waals surface area contributed by atoms with E-state index in [1.165, 1.54) is 13.2 Å². The monoisotopic (exact) mass is 787 g/mol. The number of aromatic nitrogens is 2. The molecule has 2 aliphatic carbocycles. The number of aryl methyl sites for hydroxylation is 2. The maximum atomic E-state index is 17.2. The molecule has 55 heavy (non-hydrogen) atoms.